The minimum atomic E-state index is -0.845. The Balaban J connectivity index is 2.49. The minimum absolute atomic E-state index is 0.132. The number of nitrogens with one attached hydrogen (secondary N) is 2. The van der Waals surface area contributed by atoms with Crippen LogP contribution in [0, 0.1) is 19.8 Å². The monoisotopic (exact) mass is 523 g/mol. The molecule has 2 atom stereocenters. The van der Waals surface area contributed by atoms with Crippen molar-refractivity contribution in [2.75, 3.05) is 6.54 Å². The lowest BCUT2D eigenvalue weighted by Gasteiger charge is -2.36. The maximum absolute atomic E-state index is 14.2. The van der Waals surface area contributed by atoms with Gasteiger partial charge in [0, 0.05) is 13.1 Å². The molecule has 2 aromatic carbocycles. The molecule has 3 amide bonds. The maximum Gasteiger partial charge on any atom is 0.408 e. The van der Waals surface area contributed by atoms with Crippen molar-refractivity contribution in [3.05, 3.63) is 70.8 Å². The fourth-order valence-corrected chi connectivity index (χ4v) is 4.52. The smallest absolute Gasteiger partial charge is 0.408 e. The molecule has 2 aromatic rings. The average molecular weight is 524 g/mol. The van der Waals surface area contributed by atoms with E-state index in [9.17, 15) is 14.4 Å². The molecule has 2 rings (SSSR count). The molecule has 0 aliphatic carbocycles. The third-order valence-electron chi connectivity index (χ3n) is 6.13. The van der Waals surface area contributed by atoms with Gasteiger partial charge >= 0.3 is 6.09 Å². The second-order valence-electron chi connectivity index (χ2n) is 11.3. The van der Waals surface area contributed by atoms with Gasteiger partial charge in [-0.2, -0.15) is 0 Å². The topological polar surface area (TPSA) is 87.7 Å². The van der Waals surface area contributed by atoms with Gasteiger partial charge in [0.25, 0.3) is 0 Å². The van der Waals surface area contributed by atoms with Crippen LogP contribution in [0.1, 0.15) is 82.7 Å². The lowest BCUT2D eigenvalue weighted by atomic mass is 9.92. The number of benzene rings is 2. The van der Waals surface area contributed by atoms with Crippen LogP contribution >= 0.6 is 0 Å². The molecule has 0 aliphatic rings. The van der Waals surface area contributed by atoms with Crippen molar-refractivity contribution < 1.29 is 19.1 Å². The highest BCUT2D eigenvalue weighted by molar-refractivity contribution is 5.92. The fourth-order valence-electron chi connectivity index (χ4n) is 4.52. The van der Waals surface area contributed by atoms with Crippen LogP contribution in [0.5, 0.6) is 0 Å². The van der Waals surface area contributed by atoms with Crippen LogP contribution in [0.25, 0.3) is 0 Å². The molecule has 7 heteroatoms. The summed E-state index contributed by atoms with van der Waals surface area (Å²) in [4.78, 5) is 42.4. The van der Waals surface area contributed by atoms with Gasteiger partial charge in [-0.1, -0.05) is 69.3 Å². The van der Waals surface area contributed by atoms with E-state index in [4.69, 9.17) is 4.74 Å². The molecule has 0 heterocycles. The van der Waals surface area contributed by atoms with Gasteiger partial charge in [0.1, 0.15) is 17.7 Å². The average Bonchev–Trinajstić information content (AvgIpc) is 2.82. The Kier molecular flexibility index (Phi) is 11.4. The number of hydrogen-bond acceptors (Lipinski definition) is 4. The molecule has 0 saturated carbocycles. The Hall–Kier alpha value is -3.35. The number of carbonyl (C=O) groups is 3. The van der Waals surface area contributed by atoms with Gasteiger partial charge in [0.2, 0.25) is 11.8 Å². The Morgan fingerprint density at radius 3 is 2.08 bits per heavy atom. The number of rotatable bonds is 11. The first-order valence-corrected chi connectivity index (χ1v) is 13.5. The molecule has 0 saturated heterocycles. The van der Waals surface area contributed by atoms with Gasteiger partial charge in [-0.15, -0.1) is 0 Å². The molecule has 2 N–H and O–H groups in total. The van der Waals surface area contributed by atoms with E-state index in [1.54, 1.807) is 25.7 Å². The van der Waals surface area contributed by atoms with E-state index in [1.165, 1.54) is 0 Å². The maximum atomic E-state index is 14.2. The van der Waals surface area contributed by atoms with Crippen molar-refractivity contribution in [3.63, 3.8) is 0 Å². The van der Waals surface area contributed by atoms with Crippen LogP contribution in [0.15, 0.2) is 48.5 Å². The quantitative estimate of drug-likeness (QED) is 0.387. The summed E-state index contributed by atoms with van der Waals surface area (Å²) in [6.45, 7) is 15.9. The highest BCUT2D eigenvalue weighted by atomic mass is 16.6. The standard InChI is InChI=1S/C31H45N3O4/c1-9-18-34(29(36)25(19-21(2)3)33-30(37)38-31(6,7)8)27(26-22(4)14-13-15-23(26)5)28(35)32-20-24-16-11-10-12-17-24/h10-17,21,25,27H,9,18-20H2,1-8H3,(H,32,35)(H,33,37). The molecule has 0 aromatic heterocycles. The first-order valence-electron chi connectivity index (χ1n) is 13.5. The van der Waals surface area contributed by atoms with Crippen molar-refractivity contribution in [1.29, 1.82) is 0 Å². The van der Waals surface area contributed by atoms with Gasteiger partial charge in [-0.3, -0.25) is 9.59 Å². The van der Waals surface area contributed by atoms with Gasteiger partial charge < -0.3 is 20.3 Å². The molecule has 0 aliphatic heterocycles. The first-order chi connectivity index (χ1) is 17.8. The zero-order valence-corrected chi connectivity index (χ0v) is 24.3. The SMILES string of the molecule is CCCN(C(=O)C(CC(C)C)NC(=O)OC(C)(C)C)C(C(=O)NCc1ccccc1)c1c(C)cccc1C. The second-order valence-corrected chi connectivity index (χ2v) is 11.3. The lowest BCUT2D eigenvalue weighted by Crippen LogP contribution is -2.53. The summed E-state index contributed by atoms with van der Waals surface area (Å²) in [6.07, 6.45) is 0.425. The van der Waals surface area contributed by atoms with Gasteiger partial charge in [-0.25, -0.2) is 4.79 Å². The van der Waals surface area contributed by atoms with E-state index in [-0.39, 0.29) is 17.7 Å². The third kappa shape index (κ3) is 9.19. The number of carbonyl (C=O) groups excluding carboxylic acids is 3. The number of hydrogen-bond donors (Lipinski definition) is 2. The molecule has 0 spiro atoms. The van der Waals surface area contributed by atoms with Crippen LogP contribution in [-0.2, 0) is 20.9 Å². The third-order valence-corrected chi connectivity index (χ3v) is 6.13. The molecule has 7 nitrogen and oxygen atoms in total. The number of amides is 3. The van der Waals surface area contributed by atoms with Crippen molar-refractivity contribution >= 4 is 17.9 Å². The van der Waals surface area contributed by atoms with Crippen molar-refractivity contribution in [2.45, 2.75) is 92.5 Å². The van der Waals surface area contributed by atoms with E-state index in [0.717, 1.165) is 22.3 Å². The lowest BCUT2D eigenvalue weighted by molar-refractivity contribution is -0.143. The Bertz CT molecular complexity index is 1060. The van der Waals surface area contributed by atoms with E-state index >= 15 is 0 Å². The molecule has 0 bridgehead atoms. The molecule has 0 radical (unpaired) electrons. The number of aryl methyl sites for hydroxylation is 2. The van der Waals surface area contributed by atoms with Gasteiger partial charge in [-0.05, 0) is 75.6 Å². The fraction of sp³-hybridized carbons (Fsp3) is 0.516. The Morgan fingerprint density at radius 2 is 1.55 bits per heavy atom. The van der Waals surface area contributed by atoms with Crippen molar-refractivity contribution in [1.82, 2.24) is 15.5 Å². The number of nitrogens with zero attached hydrogens (tertiary/aromatic N) is 1. The minimum Gasteiger partial charge on any atom is -0.444 e. The van der Waals surface area contributed by atoms with Crippen LogP contribution in [-0.4, -0.2) is 41.0 Å². The normalized spacial score (nSPS) is 13.0. The summed E-state index contributed by atoms with van der Waals surface area (Å²) in [5.74, 6) is -0.421. The van der Waals surface area contributed by atoms with Gasteiger partial charge in [0.15, 0.2) is 0 Å². The van der Waals surface area contributed by atoms with E-state index in [1.807, 2.05) is 83.1 Å². The second kappa shape index (κ2) is 14.0. The highest BCUT2D eigenvalue weighted by Gasteiger charge is 2.37. The Labute approximate surface area is 228 Å². The first kappa shape index (κ1) is 30.9. The summed E-state index contributed by atoms with van der Waals surface area (Å²) in [5.41, 5.74) is 2.94. The summed E-state index contributed by atoms with van der Waals surface area (Å²) in [5, 5.41) is 5.84. The van der Waals surface area contributed by atoms with Crippen LogP contribution in [0.2, 0.25) is 0 Å². The summed E-state index contributed by atoms with van der Waals surface area (Å²) >= 11 is 0. The van der Waals surface area contributed by atoms with Crippen LogP contribution in [0.4, 0.5) is 4.79 Å². The summed E-state index contributed by atoms with van der Waals surface area (Å²) in [6, 6.07) is 13.9. The van der Waals surface area contributed by atoms with E-state index < -0.39 is 23.8 Å². The predicted molar refractivity (Wildman–Crippen MR) is 152 cm³/mol. The molecule has 0 fully saturated rings. The number of ether oxygens (including phenoxy) is 1. The zero-order chi connectivity index (χ0) is 28.5. The Morgan fingerprint density at radius 1 is 0.947 bits per heavy atom. The van der Waals surface area contributed by atoms with Gasteiger partial charge in [0.05, 0.1) is 0 Å². The zero-order valence-electron chi connectivity index (χ0n) is 24.3. The molecular weight excluding hydrogens is 478 g/mol. The van der Waals surface area contributed by atoms with Crippen molar-refractivity contribution in [2.24, 2.45) is 5.92 Å². The largest absolute Gasteiger partial charge is 0.444 e. The van der Waals surface area contributed by atoms with Crippen molar-refractivity contribution in [3.8, 4) is 0 Å². The van der Waals surface area contributed by atoms with Crippen LogP contribution < -0.4 is 10.6 Å². The van der Waals surface area contributed by atoms with Crippen LogP contribution in [0.3, 0.4) is 0 Å². The summed E-state index contributed by atoms with van der Waals surface area (Å²) < 4.78 is 5.46. The highest BCUT2D eigenvalue weighted by Crippen LogP contribution is 2.29. The molecule has 2 unspecified atom stereocenters. The van der Waals surface area contributed by atoms with E-state index in [2.05, 4.69) is 10.6 Å². The predicted octanol–water partition coefficient (Wildman–Crippen LogP) is 5.84. The summed E-state index contributed by atoms with van der Waals surface area (Å²) in [7, 11) is 0. The molecule has 208 valence electrons. The van der Waals surface area contributed by atoms with E-state index in [0.29, 0.717) is 25.9 Å². The molecular formula is C31H45N3O4. The molecule has 38 heavy (non-hydrogen) atoms. The number of alkyl carbamates (subject to hydrolysis) is 1.